The van der Waals surface area contributed by atoms with Crippen LogP contribution < -0.4 is 60.2 Å². The molecule has 0 saturated heterocycles. The van der Waals surface area contributed by atoms with E-state index in [4.69, 9.17) is 22.9 Å². The van der Waals surface area contributed by atoms with Gasteiger partial charge in [-0.25, -0.2) is 0 Å². The Kier molecular flexibility index (Phi) is 41.3. The van der Waals surface area contributed by atoms with Gasteiger partial charge in [-0.3, -0.25) is 0 Å². The van der Waals surface area contributed by atoms with Gasteiger partial charge in [0, 0.05) is 12.1 Å². The van der Waals surface area contributed by atoms with Crippen molar-refractivity contribution in [2.75, 3.05) is 13.1 Å². The molecule has 0 aromatic rings. The van der Waals surface area contributed by atoms with E-state index in [1.165, 1.54) is 12.8 Å². The number of rotatable bonds is 2. The molecule has 1 saturated carbocycles. The third kappa shape index (κ3) is 19.9. The summed E-state index contributed by atoms with van der Waals surface area (Å²) in [5.41, 5.74) is 21.4. The number of hydrogen-bond acceptors (Lipinski definition) is 4. The molecule has 1 rings (SSSR count). The van der Waals surface area contributed by atoms with Gasteiger partial charge in [-0.2, -0.15) is 0 Å². The Bertz CT molecular complexity index is 112. The van der Waals surface area contributed by atoms with Crippen LogP contribution in [0.4, 0.5) is 0 Å². The van der Waals surface area contributed by atoms with Gasteiger partial charge in [-0.1, -0.05) is 12.8 Å². The van der Waals surface area contributed by atoms with Gasteiger partial charge < -0.3 is 60.2 Å². The minimum absolute atomic E-state index is 0. The maximum atomic E-state index is 5.65. The normalized spacial score (nSPS) is 21.2. The Balaban J connectivity index is -0.0000000489. The second-order valence-electron chi connectivity index (χ2n) is 3.54. The topological polar surface area (TPSA) is 104 Å². The van der Waals surface area contributed by atoms with Crippen molar-refractivity contribution < 1.29 is 59.6 Å². The molecule has 2 atom stereocenters. The molecule has 1 fully saturated rings. The van der Waals surface area contributed by atoms with Gasteiger partial charge in [0.15, 0.2) is 0 Å². The summed E-state index contributed by atoms with van der Waals surface area (Å²) in [5.74, 6) is 0. The first-order valence-corrected chi connectivity index (χ1v) is 5.13. The molecule has 0 aromatic heterocycles. The zero-order valence-electron chi connectivity index (χ0n) is 9.85. The fourth-order valence-corrected chi connectivity index (χ4v) is 1.31. The van der Waals surface area contributed by atoms with E-state index in [9.17, 15) is 0 Å². The molecular weight excluding hydrogens is 467 g/mol. The summed E-state index contributed by atoms with van der Waals surface area (Å²) in [5, 5.41) is 0. The van der Waals surface area contributed by atoms with Gasteiger partial charge in [0.1, 0.15) is 0 Å². The summed E-state index contributed by atoms with van der Waals surface area (Å²) in [6.45, 7) is 1.44. The molecular formula is C9H24AuCl3N4. The summed E-state index contributed by atoms with van der Waals surface area (Å²) >= 11 is 0. The SMILES string of the molecule is NCCCN.N[C@@H]1CCCC[C@H]1N.[Au+3].[Cl-].[Cl-].[Cl-]. The van der Waals surface area contributed by atoms with Gasteiger partial charge in [0.05, 0.1) is 0 Å². The third-order valence-corrected chi connectivity index (χ3v) is 2.28. The Morgan fingerprint density at radius 3 is 1.18 bits per heavy atom. The zero-order valence-corrected chi connectivity index (χ0v) is 14.3. The van der Waals surface area contributed by atoms with Crippen molar-refractivity contribution in [3.05, 3.63) is 0 Å². The average molecular weight is 492 g/mol. The fourth-order valence-electron chi connectivity index (χ4n) is 1.31. The minimum Gasteiger partial charge on any atom is -1.00 e. The molecule has 112 valence electrons. The van der Waals surface area contributed by atoms with Crippen molar-refractivity contribution in [1.82, 2.24) is 0 Å². The smallest absolute Gasteiger partial charge is 1.00 e. The van der Waals surface area contributed by atoms with Crippen LogP contribution in [0.15, 0.2) is 0 Å². The van der Waals surface area contributed by atoms with Gasteiger partial charge in [-0.05, 0) is 32.4 Å². The van der Waals surface area contributed by atoms with Crippen LogP contribution in [0.1, 0.15) is 32.1 Å². The molecule has 0 aromatic carbocycles. The zero-order chi connectivity index (χ0) is 10.1. The molecule has 0 heterocycles. The average Bonchev–Trinajstić information content (AvgIpc) is 2.13. The molecule has 0 amide bonds. The maximum absolute atomic E-state index is 5.65. The predicted molar refractivity (Wildman–Crippen MR) is 57.1 cm³/mol. The number of nitrogens with two attached hydrogens (primary N) is 4. The Hall–Kier alpha value is 1.45. The molecule has 0 spiro atoms. The van der Waals surface area contributed by atoms with Crippen LogP contribution in [-0.2, 0) is 22.4 Å². The van der Waals surface area contributed by atoms with Crippen LogP contribution in [0.3, 0.4) is 0 Å². The van der Waals surface area contributed by atoms with Crippen LogP contribution in [0.5, 0.6) is 0 Å². The maximum Gasteiger partial charge on any atom is 3.00 e. The van der Waals surface area contributed by atoms with E-state index in [0.29, 0.717) is 0 Å². The molecule has 0 bridgehead atoms. The summed E-state index contributed by atoms with van der Waals surface area (Å²) in [4.78, 5) is 0. The largest absolute Gasteiger partial charge is 3.00 e. The van der Waals surface area contributed by atoms with Crippen molar-refractivity contribution >= 4 is 0 Å². The molecule has 4 nitrogen and oxygen atoms in total. The molecule has 8 N–H and O–H groups in total. The Morgan fingerprint density at radius 2 is 1.06 bits per heavy atom. The van der Waals surface area contributed by atoms with Gasteiger partial charge in [0.25, 0.3) is 0 Å². The number of hydrogen-bond donors (Lipinski definition) is 4. The first kappa shape index (κ1) is 31.1. The molecule has 8 heteroatoms. The minimum atomic E-state index is 0. The summed E-state index contributed by atoms with van der Waals surface area (Å²) < 4.78 is 0. The Labute approximate surface area is 139 Å². The molecule has 1 aliphatic carbocycles. The van der Waals surface area contributed by atoms with E-state index < -0.39 is 0 Å². The van der Waals surface area contributed by atoms with Crippen molar-refractivity contribution in [3.8, 4) is 0 Å². The van der Waals surface area contributed by atoms with Crippen LogP contribution in [0, 0.1) is 0 Å². The van der Waals surface area contributed by atoms with Crippen molar-refractivity contribution in [1.29, 1.82) is 0 Å². The van der Waals surface area contributed by atoms with E-state index in [2.05, 4.69) is 0 Å². The summed E-state index contributed by atoms with van der Waals surface area (Å²) in [7, 11) is 0. The van der Waals surface area contributed by atoms with Gasteiger partial charge in [0.2, 0.25) is 0 Å². The van der Waals surface area contributed by atoms with E-state index in [1.807, 2.05) is 0 Å². The van der Waals surface area contributed by atoms with E-state index in [0.717, 1.165) is 32.4 Å². The summed E-state index contributed by atoms with van der Waals surface area (Å²) in [6.07, 6.45) is 5.74. The van der Waals surface area contributed by atoms with Crippen molar-refractivity contribution in [3.63, 3.8) is 0 Å². The van der Waals surface area contributed by atoms with E-state index in [1.54, 1.807) is 0 Å². The molecule has 1 aliphatic rings. The first-order chi connectivity index (χ1) is 6.22. The predicted octanol–water partition coefficient (Wildman–Crippen LogP) is -9.48. The second kappa shape index (κ2) is 22.6. The van der Waals surface area contributed by atoms with Crippen molar-refractivity contribution in [2.24, 2.45) is 22.9 Å². The van der Waals surface area contributed by atoms with Gasteiger partial charge in [-0.15, -0.1) is 0 Å². The van der Waals surface area contributed by atoms with E-state index in [-0.39, 0.29) is 71.7 Å². The van der Waals surface area contributed by atoms with Gasteiger partial charge >= 0.3 is 22.4 Å². The number of halogens is 3. The monoisotopic (exact) mass is 490 g/mol. The second-order valence-corrected chi connectivity index (χ2v) is 3.54. The Morgan fingerprint density at radius 1 is 0.765 bits per heavy atom. The molecule has 0 aliphatic heterocycles. The van der Waals surface area contributed by atoms with Crippen LogP contribution in [-0.4, -0.2) is 25.2 Å². The third-order valence-electron chi connectivity index (χ3n) is 2.28. The van der Waals surface area contributed by atoms with Crippen LogP contribution >= 0.6 is 0 Å². The fraction of sp³-hybridized carbons (Fsp3) is 1.00. The summed E-state index contributed by atoms with van der Waals surface area (Å²) in [6, 6.07) is 0.562. The quantitative estimate of drug-likeness (QED) is 0.288. The van der Waals surface area contributed by atoms with Crippen LogP contribution in [0.2, 0.25) is 0 Å². The molecule has 0 radical (unpaired) electrons. The van der Waals surface area contributed by atoms with E-state index >= 15 is 0 Å². The van der Waals surface area contributed by atoms with Crippen LogP contribution in [0.25, 0.3) is 0 Å². The molecule has 0 unspecified atom stereocenters. The first-order valence-electron chi connectivity index (χ1n) is 5.13. The van der Waals surface area contributed by atoms with Crippen molar-refractivity contribution in [2.45, 2.75) is 44.2 Å². The standard InChI is InChI=1S/C6H14N2.C3H10N2.Au.3ClH/c7-5-3-1-2-4-6(5)8;4-2-1-3-5;;;;/h5-6H,1-4,7-8H2;1-5H2;;3*1H/q;;+3;;;/p-3/t5-,6-;;;;;/m1...../s1. The molecule has 17 heavy (non-hydrogen) atoms.